The van der Waals surface area contributed by atoms with Crippen LogP contribution in [0.2, 0.25) is 0 Å². The molecule has 9 aromatic carbocycles. The highest BCUT2D eigenvalue weighted by Gasteiger charge is 2.22. The van der Waals surface area contributed by atoms with Crippen molar-refractivity contribution in [2.45, 2.75) is 0 Å². The Morgan fingerprint density at radius 1 is 0.347 bits per heavy atom. The van der Waals surface area contributed by atoms with E-state index in [-0.39, 0.29) is 0 Å². The fourth-order valence-electron chi connectivity index (χ4n) is 7.80. The van der Waals surface area contributed by atoms with Crippen LogP contribution in [0.25, 0.3) is 87.6 Å². The number of rotatable bonds is 3. The van der Waals surface area contributed by atoms with E-state index in [0.717, 1.165) is 44.5 Å². The Morgan fingerprint density at radius 2 is 0.898 bits per heavy atom. The summed E-state index contributed by atoms with van der Waals surface area (Å²) in [6.07, 6.45) is 0. The zero-order valence-electron chi connectivity index (χ0n) is 26.4. The number of hydrogen-bond donors (Lipinski definition) is 0. The lowest BCUT2D eigenvalue weighted by atomic mass is 9.87. The maximum Gasteiger partial charge on any atom is 0.135 e. The van der Waals surface area contributed by atoms with Gasteiger partial charge in [-0.25, -0.2) is 0 Å². The second-order valence-electron chi connectivity index (χ2n) is 12.7. The molecule has 0 amide bonds. The molecule has 0 radical (unpaired) electrons. The van der Waals surface area contributed by atoms with Crippen molar-refractivity contribution in [1.29, 1.82) is 5.26 Å². The molecule has 0 fully saturated rings. The highest BCUT2D eigenvalue weighted by Crippen LogP contribution is 2.48. The van der Waals surface area contributed by atoms with Gasteiger partial charge in [-0.2, -0.15) is 5.26 Å². The van der Waals surface area contributed by atoms with Crippen molar-refractivity contribution >= 4 is 43.1 Å². The molecule has 0 saturated carbocycles. The molecular formula is C47H27NO. The fraction of sp³-hybridized carbons (Fsp3) is 0. The molecule has 0 N–H and O–H groups in total. The predicted octanol–water partition coefficient (Wildman–Crippen LogP) is 12.9. The molecule has 226 valence electrons. The van der Waals surface area contributed by atoms with E-state index in [0.29, 0.717) is 5.56 Å². The molecule has 1 aliphatic heterocycles. The molecule has 1 aliphatic rings. The minimum absolute atomic E-state index is 0.661. The average Bonchev–Trinajstić information content (AvgIpc) is 3.17. The molecular weight excluding hydrogens is 595 g/mol. The van der Waals surface area contributed by atoms with E-state index in [4.69, 9.17) is 4.74 Å². The van der Waals surface area contributed by atoms with Gasteiger partial charge < -0.3 is 4.74 Å². The Kier molecular flexibility index (Phi) is 5.97. The highest BCUT2D eigenvalue weighted by molar-refractivity contribution is 6.23. The van der Waals surface area contributed by atoms with Gasteiger partial charge in [-0.05, 0) is 108 Å². The lowest BCUT2D eigenvalue weighted by molar-refractivity contribution is 0.487. The van der Waals surface area contributed by atoms with Crippen molar-refractivity contribution in [2.24, 2.45) is 0 Å². The molecule has 0 saturated heterocycles. The van der Waals surface area contributed by atoms with Crippen LogP contribution in [0.4, 0.5) is 0 Å². The zero-order chi connectivity index (χ0) is 32.5. The van der Waals surface area contributed by atoms with Crippen LogP contribution in [0, 0.1) is 11.3 Å². The Balaban J connectivity index is 1.09. The summed E-state index contributed by atoms with van der Waals surface area (Å²) in [5, 5.41) is 19.1. The molecule has 2 heteroatoms. The van der Waals surface area contributed by atoms with Crippen LogP contribution >= 0.6 is 0 Å². The lowest BCUT2D eigenvalue weighted by Gasteiger charge is -2.22. The summed E-state index contributed by atoms with van der Waals surface area (Å²) in [5.41, 5.74) is 9.91. The van der Waals surface area contributed by atoms with Gasteiger partial charge in [-0.3, -0.25) is 0 Å². The first kappa shape index (κ1) is 27.4. The number of ether oxygens (including phenoxy) is 1. The molecule has 1 heterocycles. The molecule has 0 spiro atoms. The Labute approximate surface area is 283 Å². The van der Waals surface area contributed by atoms with Crippen molar-refractivity contribution in [2.75, 3.05) is 0 Å². The minimum Gasteiger partial charge on any atom is -0.456 e. The van der Waals surface area contributed by atoms with Crippen molar-refractivity contribution in [3.63, 3.8) is 0 Å². The van der Waals surface area contributed by atoms with Gasteiger partial charge in [0.25, 0.3) is 0 Å². The summed E-state index contributed by atoms with van der Waals surface area (Å²) in [7, 11) is 0. The molecule has 0 unspecified atom stereocenters. The molecule has 0 atom stereocenters. The summed E-state index contributed by atoms with van der Waals surface area (Å²) in [6, 6.07) is 60.6. The summed E-state index contributed by atoms with van der Waals surface area (Å²) in [5.74, 6) is 1.62. The largest absolute Gasteiger partial charge is 0.456 e. The summed E-state index contributed by atoms with van der Waals surface area (Å²) in [4.78, 5) is 0. The van der Waals surface area contributed by atoms with Crippen LogP contribution in [-0.2, 0) is 0 Å². The highest BCUT2D eigenvalue weighted by atomic mass is 16.5. The number of fused-ring (bicyclic) bond motifs is 7. The van der Waals surface area contributed by atoms with Crippen molar-refractivity contribution in [3.8, 4) is 62.1 Å². The van der Waals surface area contributed by atoms with Gasteiger partial charge in [-0.15, -0.1) is 0 Å². The minimum atomic E-state index is 0.661. The van der Waals surface area contributed by atoms with E-state index in [1.54, 1.807) is 0 Å². The van der Waals surface area contributed by atoms with Crippen molar-refractivity contribution in [3.05, 3.63) is 169 Å². The molecule has 0 aliphatic carbocycles. The summed E-state index contributed by atoms with van der Waals surface area (Å²) < 4.78 is 6.46. The third-order valence-electron chi connectivity index (χ3n) is 10.1. The Bertz CT molecular complexity index is 2840. The van der Waals surface area contributed by atoms with Crippen LogP contribution < -0.4 is 4.74 Å². The second-order valence-corrected chi connectivity index (χ2v) is 12.7. The Hall–Kier alpha value is -6.69. The first-order valence-corrected chi connectivity index (χ1v) is 16.6. The third kappa shape index (κ3) is 4.20. The van der Waals surface area contributed by atoms with Gasteiger partial charge in [0, 0.05) is 16.3 Å². The van der Waals surface area contributed by atoms with Gasteiger partial charge >= 0.3 is 0 Å². The monoisotopic (exact) mass is 621 g/mol. The van der Waals surface area contributed by atoms with Crippen LogP contribution in [0.5, 0.6) is 11.5 Å². The SMILES string of the molecule is N#Cc1ccc2c3c(cccc13)Oc1cc(-c3ccc(-c4cc5c6ccccc6c(-c6ccccc6)cc5c5ccccc45)cc3)ccc1-2. The first-order chi connectivity index (χ1) is 24.2. The summed E-state index contributed by atoms with van der Waals surface area (Å²) in [6.45, 7) is 0. The van der Waals surface area contributed by atoms with Gasteiger partial charge in [0.2, 0.25) is 0 Å². The molecule has 2 nitrogen and oxygen atoms in total. The van der Waals surface area contributed by atoms with Crippen molar-refractivity contribution in [1.82, 2.24) is 0 Å². The van der Waals surface area contributed by atoms with Gasteiger partial charge in [0.05, 0.1) is 11.6 Å². The smallest absolute Gasteiger partial charge is 0.135 e. The van der Waals surface area contributed by atoms with E-state index in [1.165, 1.54) is 54.6 Å². The number of benzene rings is 9. The third-order valence-corrected chi connectivity index (χ3v) is 10.1. The van der Waals surface area contributed by atoms with Gasteiger partial charge in [0.1, 0.15) is 11.5 Å². The topological polar surface area (TPSA) is 33.0 Å². The number of hydrogen-bond acceptors (Lipinski definition) is 2. The van der Waals surface area contributed by atoms with Crippen molar-refractivity contribution < 1.29 is 4.74 Å². The normalized spacial score (nSPS) is 11.8. The quantitative estimate of drug-likeness (QED) is 0.184. The maximum absolute atomic E-state index is 9.66. The lowest BCUT2D eigenvalue weighted by Crippen LogP contribution is -1.98. The Morgan fingerprint density at radius 3 is 1.57 bits per heavy atom. The van der Waals surface area contributed by atoms with E-state index in [2.05, 4.69) is 140 Å². The van der Waals surface area contributed by atoms with Gasteiger partial charge in [-0.1, -0.05) is 127 Å². The standard InChI is InChI=1S/C47H27NO/c48-28-33-22-24-40-39-23-21-32(25-46(39)49-45-16-8-15-34(33)47(40)45)29-17-19-31(20-18-29)42-27-44-37-13-6-4-11-35(37)41(30-9-2-1-3-10-30)26-43(44)38-14-7-5-12-36(38)42/h1-27H. The number of nitriles is 1. The zero-order valence-corrected chi connectivity index (χ0v) is 26.4. The fourth-order valence-corrected chi connectivity index (χ4v) is 7.80. The van der Waals surface area contributed by atoms with Crippen LogP contribution in [0.3, 0.4) is 0 Å². The molecule has 9 aromatic rings. The molecule has 49 heavy (non-hydrogen) atoms. The summed E-state index contributed by atoms with van der Waals surface area (Å²) >= 11 is 0. The second kappa shape index (κ2) is 10.7. The average molecular weight is 622 g/mol. The van der Waals surface area contributed by atoms with E-state index >= 15 is 0 Å². The van der Waals surface area contributed by atoms with Gasteiger partial charge in [0.15, 0.2) is 0 Å². The number of nitrogens with zero attached hydrogens (tertiary/aromatic N) is 1. The van der Waals surface area contributed by atoms with E-state index in [9.17, 15) is 5.26 Å². The maximum atomic E-state index is 9.66. The molecule has 10 rings (SSSR count). The molecule has 0 aromatic heterocycles. The first-order valence-electron chi connectivity index (χ1n) is 16.6. The van der Waals surface area contributed by atoms with Crippen LogP contribution in [0.15, 0.2) is 164 Å². The van der Waals surface area contributed by atoms with Crippen LogP contribution in [0.1, 0.15) is 5.56 Å². The van der Waals surface area contributed by atoms with Crippen LogP contribution in [-0.4, -0.2) is 0 Å². The van der Waals surface area contributed by atoms with E-state index in [1.807, 2.05) is 30.3 Å². The van der Waals surface area contributed by atoms with E-state index < -0.39 is 0 Å². The predicted molar refractivity (Wildman–Crippen MR) is 203 cm³/mol. The molecule has 0 bridgehead atoms.